The predicted molar refractivity (Wildman–Crippen MR) is 91.4 cm³/mol. The zero-order chi connectivity index (χ0) is 18.1. The number of benzene rings is 2. The monoisotopic (exact) mass is 360 g/mol. The fraction of sp³-hybridized carbons (Fsp3) is 0.176. The normalized spacial score (nSPS) is 15.4. The number of nitro benzene ring substituents is 1. The van der Waals surface area contributed by atoms with E-state index >= 15 is 0 Å². The molecule has 25 heavy (non-hydrogen) atoms. The number of nitrogens with zero attached hydrogens (tertiary/aromatic N) is 1. The van der Waals surface area contributed by atoms with Crippen molar-refractivity contribution in [2.24, 2.45) is 0 Å². The Hall–Kier alpha value is -2.93. The van der Waals surface area contributed by atoms with Crippen LogP contribution in [0.5, 0.6) is 5.75 Å². The predicted octanol–water partition coefficient (Wildman–Crippen LogP) is 3.57. The zero-order valence-electron chi connectivity index (χ0n) is 13.1. The van der Waals surface area contributed by atoms with E-state index in [4.69, 9.17) is 16.3 Å². The molecule has 128 valence electrons. The fourth-order valence-corrected chi connectivity index (χ4v) is 2.74. The van der Waals surface area contributed by atoms with E-state index in [9.17, 15) is 19.7 Å². The summed E-state index contributed by atoms with van der Waals surface area (Å²) in [5, 5.41) is 14.0. The number of ketones is 1. The summed E-state index contributed by atoms with van der Waals surface area (Å²) in [6.45, 7) is 1.39. The molecule has 0 bridgehead atoms. The zero-order valence-corrected chi connectivity index (χ0v) is 13.9. The molecule has 1 atom stereocenters. The average molecular weight is 361 g/mol. The Kier molecular flexibility index (Phi) is 4.41. The van der Waals surface area contributed by atoms with Crippen LogP contribution in [0.4, 0.5) is 11.4 Å². The van der Waals surface area contributed by atoms with Gasteiger partial charge in [0.25, 0.3) is 0 Å². The SMILES string of the molecule is C[C@H]1C(=O)Nc2ccc(C(=O)COc3ccc(Cl)cc3[N+](=O)[O-])cc21. The molecule has 2 aromatic rings. The van der Waals surface area contributed by atoms with Crippen LogP contribution in [0.1, 0.15) is 28.8 Å². The second-order valence-electron chi connectivity index (χ2n) is 5.59. The molecule has 0 aromatic heterocycles. The van der Waals surface area contributed by atoms with Gasteiger partial charge in [0.15, 0.2) is 18.1 Å². The van der Waals surface area contributed by atoms with Crippen LogP contribution < -0.4 is 10.1 Å². The molecular weight excluding hydrogens is 348 g/mol. The van der Waals surface area contributed by atoms with E-state index < -0.39 is 4.92 Å². The number of anilines is 1. The third-order valence-corrected chi connectivity index (χ3v) is 4.20. The first-order valence-corrected chi connectivity index (χ1v) is 7.79. The Labute approximate surface area is 147 Å². The van der Waals surface area contributed by atoms with Gasteiger partial charge in [0, 0.05) is 22.3 Å². The van der Waals surface area contributed by atoms with Gasteiger partial charge >= 0.3 is 5.69 Å². The first-order chi connectivity index (χ1) is 11.9. The quantitative estimate of drug-likeness (QED) is 0.499. The third-order valence-electron chi connectivity index (χ3n) is 3.97. The van der Waals surface area contributed by atoms with E-state index in [1.807, 2.05) is 0 Å². The topological polar surface area (TPSA) is 98.5 Å². The summed E-state index contributed by atoms with van der Waals surface area (Å²) in [5.74, 6) is -0.832. The number of carbonyl (C=O) groups is 2. The van der Waals surface area contributed by atoms with Crippen molar-refractivity contribution < 1.29 is 19.2 Å². The Balaban J connectivity index is 1.76. The van der Waals surface area contributed by atoms with Crippen molar-refractivity contribution >= 4 is 34.7 Å². The lowest BCUT2D eigenvalue weighted by atomic mass is 9.99. The molecule has 0 saturated carbocycles. The van der Waals surface area contributed by atoms with Crippen LogP contribution in [0.2, 0.25) is 5.02 Å². The van der Waals surface area contributed by atoms with E-state index in [2.05, 4.69) is 5.32 Å². The Bertz CT molecular complexity index is 897. The minimum atomic E-state index is -0.625. The van der Waals surface area contributed by atoms with Crippen LogP contribution in [-0.2, 0) is 4.79 Å². The van der Waals surface area contributed by atoms with Gasteiger partial charge in [0.2, 0.25) is 5.91 Å². The Morgan fingerprint density at radius 1 is 1.32 bits per heavy atom. The number of nitrogens with one attached hydrogen (secondary N) is 1. The van der Waals surface area contributed by atoms with Crippen molar-refractivity contribution in [1.29, 1.82) is 0 Å². The Morgan fingerprint density at radius 3 is 2.80 bits per heavy atom. The Morgan fingerprint density at radius 2 is 2.08 bits per heavy atom. The highest BCUT2D eigenvalue weighted by Crippen LogP contribution is 2.33. The summed E-state index contributed by atoms with van der Waals surface area (Å²) >= 11 is 5.74. The van der Waals surface area contributed by atoms with Crippen LogP contribution in [0.25, 0.3) is 0 Å². The summed E-state index contributed by atoms with van der Waals surface area (Å²) in [6, 6.07) is 8.84. The van der Waals surface area contributed by atoms with E-state index in [-0.39, 0.29) is 40.7 Å². The van der Waals surface area contributed by atoms with Gasteiger partial charge in [0.05, 0.1) is 10.8 Å². The molecule has 0 radical (unpaired) electrons. The molecule has 1 aliphatic rings. The third kappa shape index (κ3) is 3.32. The minimum Gasteiger partial charge on any atom is -0.478 e. The number of fused-ring (bicyclic) bond motifs is 1. The van der Waals surface area contributed by atoms with Gasteiger partial charge in [-0.15, -0.1) is 0 Å². The van der Waals surface area contributed by atoms with Gasteiger partial charge in [-0.1, -0.05) is 11.6 Å². The molecule has 0 saturated heterocycles. The fourth-order valence-electron chi connectivity index (χ4n) is 2.57. The van der Waals surface area contributed by atoms with Crippen LogP contribution >= 0.6 is 11.6 Å². The van der Waals surface area contributed by atoms with Crippen LogP contribution in [-0.4, -0.2) is 23.2 Å². The van der Waals surface area contributed by atoms with Crippen molar-refractivity contribution in [3.63, 3.8) is 0 Å². The lowest BCUT2D eigenvalue weighted by molar-refractivity contribution is -0.385. The maximum Gasteiger partial charge on any atom is 0.312 e. The number of ether oxygens (including phenoxy) is 1. The molecule has 0 fully saturated rings. The first-order valence-electron chi connectivity index (χ1n) is 7.41. The number of hydrogen-bond acceptors (Lipinski definition) is 5. The largest absolute Gasteiger partial charge is 0.478 e. The summed E-state index contributed by atoms with van der Waals surface area (Å²) in [4.78, 5) is 34.4. The molecular formula is C17H13ClN2O5. The molecule has 0 aliphatic carbocycles. The van der Waals surface area contributed by atoms with Crippen molar-refractivity contribution in [3.05, 3.63) is 62.7 Å². The van der Waals surface area contributed by atoms with Gasteiger partial charge in [-0.2, -0.15) is 0 Å². The van der Waals surface area contributed by atoms with Crippen LogP contribution in [0, 0.1) is 10.1 Å². The number of carbonyl (C=O) groups excluding carboxylic acids is 2. The lowest BCUT2D eigenvalue weighted by Crippen LogP contribution is -2.12. The molecule has 1 amide bonds. The van der Waals surface area contributed by atoms with Crippen LogP contribution in [0.15, 0.2) is 36.4 Å². The van der Waals surface area contributed by atoms with E-state index in [1.54, 1.807) is 25.1 Å². The van der Waals surface area contributed by atoms with Crippen molar-refractivity contribution in [1.82, 2.24) is 0 Å². The van der Waals surface area contributed by atoms with E-state index in [1.165, 1.54) is 12.1 Å². The van der Waals surface area contributed by atoms with Crippen molar-refractivity contribution in [2.45, 2.75) is 12.8 Å². The van der Waals surface area contributed by atoms with E-state index in [0.29, 0.717) is 11.3 Å². The maximum absolute atomic E-state index is 12.3. The highest BCUT2D eigenvalue weighted by molar-refractivity contribution is 6.30. The van der Waals surface area contributed by atoms with Gasteiger partial charge in [-0.25, -0.2) is 0 Å². The highest BCUT2D eigenvalue weighted by Gasteiger charge is 2.27. The van der Waals surface area contributed by atoms with Gasteiger partial charge in [0.1, 0.15) is 0 Å². The second-order valence-corrected chi connectivity index (χ2v) is 6.03. The van der Waals surface area contributed by atoms with Gasteiger partial charge in [-0.05, 0) is 42.8 Å². The first kappa shape index (κ1) is 16.9. The van der Waals surface area contributed by atoms with Crippen LogP contribution in [0.3, 0.4) is 0 Å². The summed E-state index contributed by atoms with van der Waals surface area (Å²) in [5.41, 5.74) is 1.49. The maximum atomic E-state index is 12.3. The molecule has 1 N–H and O–H groups in total. The lowest BCUT2D eigenvalue weighted by Gasteiger charge is -2.08. The molecule has 1 aliphatic heterocycles. The number of nitro groups is 1. The molecule has 8 heteroatoms. The van der Waals surface area contributed by atoms with Crippen molar-refractivity contribution in [3.8, 4) is 5.75 Å². The number of rotatable bonds is 5. The minimum absolute atomic E-state index is 0.0332. The number of hydrogen-bond donors (Lipinski definition) is 1. The molecule has 3 rings (SSSR count). The van der Waals surface area contributed by atoms with Crippen molar-refractivity contribution in [2.75, 3.05) is 11.9 Å². The van der Waals surface area contributed by atoms with E-state index in [0.717, 1.165) is 11.6 Å². The molecule has 0 unspecified atom stereocenters. The number of amides is 1. The summed E-state index contributed by atoms with van der Waals surface area (Å²) < 4.78 is 5.30. The molecule has 1 heterocycles. The number of halogens is 1. The highest BCUT2D eigenvalue weighted by atomic mass is 35.5. The van der Waals surface area contributed by atoms with Gasteiger partial charge < -0.3 is 10.1 Å². The molecule has 7 nitrogen and oxygen atoms in total. The standard InChI is InChI=1S/C17H13ClN2O5/c1-9-12-6-10(2-4-13(12)19-17(9)22)15(21)8-25-16-5-3-11(18)7-14(16)20(23)24/h2-7,9H,8H2,1H3,(H,19,22)/t9-/m1/s1. The average Bonchev–Trinajstić information content (AvgIpc) is 2.87. The molecule has 2 aromatic carbocycles. The second kappa shape index (κ2) is 6.52. The summed E-state index contributed by atoms with van der Waals surface area (Å²) in [7, 11) is 0. The smallest absolute Gasteiger partial charge is 0.312 e. The number of Topliss-reactive ketones (excluding diaryl/α,β-unsaturated/α-hetero) is 1. The summed E-state index contributed by atoms with van der Waals surface area (Å²) in [6.07, 6.45) is 0. The van der Waals surface area contributed by atoms with Gasteiger partial charge in [-0.3, -0.25) is 19.7 Å². The molecule has 0 spiro atoms.